The maximum absolute atomic E-state index is 9.46. The van der Waals surface area contributed by atoms with Crippen molar-refractivity contribution < 1.29 is 0 Å². The van der Waals surface area contributed by atoms with E-state index in [1.54, 1.807) is 0 Å². The van der Waals surface area contributed by atoms with E-state index in [2.05, 4.69) is 33.8 Å². The Balaban J connectivity index is 1.70. The molecule has 0 N–H and O–H groups in total. The maximum Gasteiger partial charge on any atom is 0.0656 e. The Labute approximate surface area is 143 Å². The van der Waals surface area contributed by atoms with E-state index in [1.807, 2.05) is 0 Å². The van der Waals surface area contributed by atoms with Gasteiger partial charge in [-0.15, -0.1) is 0 Å². The first-order chi connectivity index (χ1) is 10.8. The van der Waals surface area contributed by atoms with Gasteiger partial charge >= 0.3 is 0 Å². The van der Waals surface area contributed by atoms with E-state index in [0.29, 0.717) is 27.6 Å². The Morgan fingerprint density at radius 1 is 0.739 bits per heavy atom. The van der Waals surface area contributed by atoms with E-state index in [0.717, 1.165) is 24.7 Å². The molecule has 0 heterocycles. The fourth-order valence-corrected chi connectivity index (χ4v) is 8.14. The zero-order valence-corrected chi connectivity index (χ0v) is 15.8. The minimum Gasteiger partial charge on any atom is -0.198 e. The summed E-state index contributed by atoms with van der Waals surface area (Å²) < 4.78 is 0. The zero-order valence-electron chi connectivity index (χ0n) is 15.8. The van der Waals surface area contributed by atoms with E-state index in [9.17, 15) is 5.26 Å². The average Bonchev–Trinajstić information content (AvgIpc) is 2.83. The summed E-state index contributed by atoms with van der Waals surface area (Å²) in [4.78, 5) is 0. The minimum absolute atomic E-state index is 0.320. The average molecular weight is 314 g/mol. The van der Waals surface area contributed by atoms with Crippen LogP contribution in [0.5, 0.6) is 0 Å². The summed E-state index contributed by atoms with van der Waals surface area (Å²) in [6.45, 7) is 10.4. The number of hydrogen-bond acceptors (Lipinski definition) is 1. The molecule has 0 aromatic rings. The summed E-state index contributed by atoms with van der Waals surface area (Å²) in [6, 6.07) is 2.60. The van der Waals surface area contributed by atoms with Gasteiger partial charge in [0.15, 0.2) is 0 Å². The van der Waals surface area contributed by atoms with Gasteiger partial charge in [0.05, 0.1) is 6.07 Å². The van der Waals surface area contributed by atoms with Gasteiger partial charge in [-0.1, -0.05) is 34.1 Å². The molecule has 4 aliphatic carbocycles. The summed E-state index contributed by atoms with van der Waals surface area (Å²) in [5.74, 6) is 2.18. The summed E-state index contributed by atoms with van der Waals surface area (Å²) in [6.07, 6.45) is 13.7. The predicted octanol–water partition coefficient (Wildman–Crippen LogP) is 6.34. The first-order valence-corrected chi connectivity index (χ1v) is 10.2. The van der Waals surface area contributed by atoms with Crippen molar-refractivity contribution in [3.05, 3.63) is 0 Å². The Bertz CT molecular complexity index is 547. The Morgan fingerprint density at radius 3 is 2.00 bits per heavy atom. The highest BCUT2D eigenvalue weighted by Crippen LogP contribution is 2.73. The lowest BCUT2D eigenvalue weighted by molar-refractivity contribution is -0.181. The largest absolute Gasteiger partial charge is 0.198 e. The summed E-state index contributed by atoms with van der Waals surface area (Å²) in [5, 5.41) is 9.46. The van der Waals surface area contributed by atoms with E-state index in [-0.39, 0.29) is 0 Å². The highest BCUT2D eigenvalue weighted by Gasteiger charge is 2.65. The van der Waals surface area contributed by atoms with E-state index in [4.69, 9.17) is 0 Å². The molecule has 0 bridgehead atoms. The summed E-state index contributed by atoms with van der Waals surface area (Å²) >= 11 is 0. The second-order valence-electron chi connectivity index (χ2n) is 10.7. The molecule has 0 saturated heterocycles. The molecule has 0 aromatic heterocycles. The topological polar surface area (TPSA) is 23.8 Å². The van der Waals surface area contributed by atoms with Gasteiger partial charge in [-0.25, -0.2) is 0 Å². The fraction of sp³-hybridized carbons (Fsp3) is 0.955. The monoisotopic (exact) mass is 313 g/mol. The SMILES string of the molecule is C[C@@]12CCC[C@@]1(C)[C@@H]1CC[C@@]3(C)C[C@H](C#N)CC[C@]3(C)[C@@H]1CC2. The molecule has 4 aliphatic rings. The van der Waals surface area contributed by atoms with Gasteiger partial charge in [0, 0.05) is 5.92 Å². The highest BCUT2D eigenvalue weighted by atomic mass is 14.7. The summed E-state index contributed by atoms with van der Waals surface area (Å²) in [5.41, 5.74) is 2.10. The maximum atomic E-state index is 9.46. The Morgan fingerprint density at radius 2 is 1.35 bits per heavy atom. The molecule has 0 radical (unpaired) electrons. The first-order valence-electron chi connectivity index (χ1n) is 10.2. The lowest BCUT2D eigenvalue weighted by atomic mass is 9.37. The van der Waals surface area contributed by atoms with Crippen LogP contribution in [0.2, 0.25) is 0 Å². The van der Waals surface area contributed by atoms with Crippen LogP contribution in [0.1, 0.15) is 91.9 Å². The van der Waals surface area contributed by atoms with Crippen LogP contribution >= 0.6 is 0 Å². The van der Waals surface area contributed by atoms with Crippen molar-refractivity contribution in [1.82, 2.24) is 0 Å². The van der Waals surface area contributed by atoms with Gasteiger partial charge in [-0.05, 0) is 91.3 Å². The Kier molecular flexibility index (Phi) is 3.32. The van der Waals surface area contributed by atoms with Crippen LogP contribution in [0.25, 0.3) is 0 Å². The number of nitrogens with zero attached hydrogens (tertiary/aromatic N) is 1. The number of hydrogen-bond donors (Lipinski definition) is 0. The van der Waals surface area contributed by atoms with Crippen LogP contribution in [0, 0.1) is 50.7 Å². The highest BCUT2D eigenvalue weighted by molar-refractivity contribution is 5.15. The van der Waals surface area contributed by atoms with Crippen molar-refractivity contribution in [2.45, 2.75) is 91.9 Å². The quantitative estimate of drug-likeness (QED) is 0.512. The van der Waals surface area contributed by atoms with Crippen LogP contribution in [0.4, 0.5) is 0 Å². The van der Waals surface area contributed by atoms with Crippen LogP contribution in [0.3, 0.4) is 0 Å². The second kappa shape index (κ2) is 4.77. The van der Waals surface area contributed by atoms with Crippen molar-refractivity contribution in [1.29, 1.82) is 5.26 Å². The number of nitriles is 1. The first kappa shape index (κ1) is 16.0. The normalized spacial score (nSPS) is 58.7. The smallest absolute Gasteiger partial charge is 0.0656 e. The van der Waals surface area contributed by atoms with Crippen LogP contribution in [0.15, 0.2) is 0 Å². The van der Waals surface area contributed by atoms with Crippen molar-refractivity contribution >= 4 is 0 Å². The fourth-order valence-electron chi connectivity index (χ4n) is 8.14. The van der Waals surface area contributed by atoms with Gasteiger partial charge in [0.2, 0.25) is 0 Å². The molecule has 128 valence electrons. The molecule has 1 heteroatoms. The van der Waals surface area contributed by atoms with Gasteiger partial charge in [0.25, 0.3) is 0 Å². The molecule has 0 amide bonds. The van der Waals surface area contributed by atoms with E-state index >= 15 is 0 Å². The molecule has 0 aromatic carbocycles. The molecule has 0 aliphatic heterocycles. The molecule has 0 spiro atoms. The molecule has 4 rings (SSSR count). The van der Waals surface area contributed by atoms with E-state index < -0.39 is 0 Å². The lowest BCUT2D eigenvalue weighted by Gasteiger charge is -2.67. The third-order valence-corrected chi connectivity index (χ3v) is 10.2. The van der Waals surface area contributed by atoms with Gasteiger partial charge in [-0.3, -0.25) is 0 Å². The third-order valence-electron chi connectivity index (χ3n) is 10.2. The van der Waals surface area contributed by atoms with Gasteiger partial charge in [0.1, 0.15) is 0 Å². The van der Waals surface area contributed by atoms with Crippen LogP contribution in [-0.4, -0.2) is 0 Å². The molecular weight excluding hydrogens is 278 g/mol. The van der Waals surface area contributed by atoms with Crippen molar-refractivity contribution in [3.63, 3.8) is 0 Å². The third kappa shape index (κ3) is 1.85. The minimum atomic E-state index is 0.320. The molecule has 1 nitrogen and oxygen atoms in total. The van der Waals surface area contributed by atoms with Crippen LogP contribution < -0.4 is 0 Å². The van der Waals surface area contributed by atoms with Crippen molar-refractivity contribution in [2.24, 2.45) is 39.4 Å². The Hall–Kier alpha value is -0.510. The number of rotatable bonds is 0. The molecule has 7 atom stereocenters. The molecule has 4 fully saturated rings. The van der Waals surface area contributed by atoms with Crippen molar-refractivity contribution in [3.8, 4) is 6.07 Å². The molecular formula is C22H35N. The van der Waals surface area contributed by atoms with Crippen molar-refractivity contribution in [2.75, 3.05) is 0 Å². The second-order valence-corrected chi connectivity index (χ2v) is 10.7. The molecule has 4 saturated carbocycles. The number of fused-ring (bicyclic) bond motifs is 5. The summed E-state index contributed by atoms with van der Waals surface area (Å²) in [7, 11) is 0. The van der Waals surface area contributed by atoms with Gasteiger partial charge in [-0.2, -0.15) is 5.26 Å². The van der Waals surface area contributed by atoms with Gasteiger partial charge < -0.3 is 0 Å². The molecule has 0 unspecified atom stereocenters. The van der Waals surface area contributed by atoms with E-state index in [1.165, 1.54) is 51.4 Å². The standard InChI is InChI=1S/C22H35N/c1-19-9-5-10-21(19,3)17-8-12-20(2)14-16(15-23)6-13-22(20,4)18(17)7-11-19/h16-18H,5-14H2,1-4H3/t16-,17-,18-,19+,20+,21+,22-/m1/s1. The zero-order chi connectivity index (χ0) is 16.5. The predicted molar refractivity (Wildman–Crippen MR) is 94.7 cm³/mol. The lowest BCUT2D eigenvalue weighted by Crippen LogP contribution is -2.59. The van der Waals surface area contributed by atoms with Crippen LogP contribution in [-0.2, 0) is 0 Å². The molecule has 23 heavy (non-hydrogen) atoms.